The first-order chi connectivity index (χ1) is 12.7. The van der Waals surface area contributed by atoms with E-state index in [2.05, 4.69) is 0 Å². The van der Waals surface area contributed by atoms with Gasteiger partial charge >= 0.3 is 5.97 Å². The van der Waals surface area contributed by atoms with Gasteiger partial charge in [-0.05, 0) is 43.2 Å². The highest BCUT2D eigenvalue weighted by Gasteiger charge is 2.20. The highest BCUT2D eigenvalue weighted by molar-refractivity contribution is 5.75. The first-order valence-corrected chi connectivity index (χ1v) is 8.94. The molecule has 0 amide bonds. The van der Waals surface area contributed by atoms with Crippen molar-refractivity contribution < 1.29 is 19.0 Å². The van der Waals surface area contributed by atoms with Crippen LogP contribution in [0.4, 0.5) is 0 Å². The Morgan fingerprint density at radius 1 is 1.00 bits per heavy atom. The number of carbonyl (C=O) groups excluding carboxylic acids is 1. The average molecular weight is 354 g/mol. The van der Waals surface area contributed by atoms with Gasteiger partial charge in [0.1, 0.15) is 12.4 Å². The maximum atomic E-state index is 11.9. The smallest absolute Gasteiger partial charge is 0.335 e. The Morgan fingerprint density at radius 2 is 1.73 bits per heavy atom. The Bertz CT molecular complexity index is 677. The minimum absolute atomic E-state index is 0.319. The molecule has 0 saturated heterocycles. The molecule has 2 rings (SSSR count). The standard InChI is InChI=1S/C22H26O4/c1-3-24-21(22(23)25-4-2)17-19-12-14-20(15-13-19)26-16-8-11-18-9-6-5-7-10-18/h5-15,21H,3-4,16-17H2,1-2H3/t21-/m0/s1. The van der Waals surface area contributed by atoms with Crippen LogP contribution < -0.4 is 4.74 Å². The topological polar surface area (TPSA) is 44.8 Å². The van der Waals surface area contributed by atoms with Crippen molar-refractivity contribution in [3.05, 3.63) is 71.8 Å². The summed E-state index contributed by atoms with van der Waals surface area (Å²) in [7, 11) is 0. The van der Waals surface area contributed by atoms with E-state index in [0.717, 1.165) is 16.9 Å². The molecule has 0 saturated carbocycles. The van der Waals surface area contributed by atoms with Crippen LogP contribution >= 0.6 is 0 Å². The molecule has 0 fully saturated rings. The van der Waals surface area contributed by atoms with Crippen LogP contribution in [-0.4, -0.2) is 31.9 Å². The van der Waals surface area contributed by atoms with E-state index in [1.165, 1.54) is 0 Å². The summed E-state index contributed by atoms with van der Waals surface area (Å²) in [4.78, 5) is 11.9. The Morgan fingerprint density at radius 3 is 2.38 bits per heavy atom. The third kappa shape index (κ3) is 6.73. The van der Waals surface area contributed by atoms with Gasteiger partial charge in [-0.25, -0.2) is 4.79 Å². The van der Waals surface area contributed by atoms with Gasteiger partial charge in [-0.1, -0.05) is 48.5 Å². The molecule has 26 heavy (non-hydrogen) atoms. The van der Waals surface area contributed by atoms with Crippen molar-refractivity contribution in [1.29, 1.82) is 0 Å². The van der Waals surface area contributed by atoms with Crippen LogP contribution in [0.5, 0.6) is 5.75 Å². The number of ether oxygens (including phenoxy) is 3. The molecule has 0 aliphatic carbocycles. The molecule has 0 aliphatic rings. The van der Waals surface area contributed by atoms with E-state index in [1.807, 2.05) is 73.7 Å². The first kappa shape index (κ1) is 19.7. The molecular weight excluding hydrogens is 328 g/mol. The zero-order chi connectivity index (χ0) is 18.6. The number of esters is 1. The summed E-state index contributed by atoms with van der Waals surface area (Å²) in [6.45, 7) is 4.98. The molecule has 4 heteroatoms. The predicted octanol–water partition coefficient (Wildman–Crippen LogP) is 4.29. The molecule has 0 unspecified atom stereocenters. The molecule has 0 bridgehead atoms. The SMILES string of the molecule is CCOC(=O)[C@H](Cc1ccc(OCC=Cc2ccccc2)cc1)OCC. The predicted molar refractivity (Wildman–Crippen MR) is 103 cm³/mol. The zero-order valence-corrected chi connectivity index (χ0v) is 15.4. The second-order valence-electron chi connectivity index (χ2n) is 5.67. The summed E-state index contributed by atoms with van der Waals surface area (Å²) < 4.78 is 16.3. The van der Waals surface area contributed by atoms with E-state index < -0.39 is 6.10 Å². The fourth-order valence-corrected chi connectivity index (χ4v) is 2.48. The monoisotopic (exact) mass is 354 g/mol. The second-order valence-corrected chi connectivity index (χ2v) is 5.67. The Balaban J connectivity index is 1.84. The van der Waals surface area contributed by atoms with Gasteiger partial charge in [-0.3, -0.25) is 0 Å². The van der Waals surface area contributed by atoms with E-state index in [4.69, 9.17) is 14.2 Å². The lowest BCUT2D eigenvalue weighted by Gasteiger charge is -2.15. The maximum Gasteiger partial charge on any atom is 0.335 e. The van der Waals surface area contributed by atoms with E-state index in [9.17, 15) is 4.79 Å². The normalized spacial score (nSPS) is 12.1. The molecule has 138 valence electrons. The lowest BCUT2D eigenvalue weighted by molar-refractivity contribution is -0.156. The van der Waals surface area contributed by atoms with Gasteiger partial charge in [-0.2, -0.15) is 0 Å². The fourth-order valence-electron chi connectivity index (χ4n) is 2.48. The van der Waals surface area contributed by atoms with Crippen molar-refractivity contribution in [2.75, 3.05) is 19.8 Å². The summed E-state index contributed by atoms with van der Waals surface area (Å²) in [5.41, 5.74) is 2.15. The van der Waals surface area contributed by atoms with Crippen LogP contribution in [0.1, 0.15) is 25.0 Å². The highest BCUT2D eigenvalue weighted by atomic mass is 16.6. The molecule has 0 aromatic heterocycles. The van der Waals surface area contributed by atoms with Gasteiger partial charge in [-0.15, -0.1) is 0 Å². The molecule has 0 heterocycles. The third-order valence-corrected chi connectivity index (χ3v) is 3.72. The van der Waals surface area contributed by atoms with Gasteiger partial charge in [0, 0.05) is 13.0 Å². The van der Waals surface area contributed by atoms with Gasteiger partial charge in [0.2, 0.25) is 0 Å². The largest absolute Gasteiger partial charge is 0.490 e. The molecule has 2 aromatic rings. The maximum absolute atomic E-state index is 11.9. The summed E-state index contributed by atoms with van der Waals surface area (Å²) >= 11 is 0. The molecule has 2 aromatic carbocycles. The van der Waals surface area contributed by atoms with Crippen molar-refractivity contribution >= 4 is 12.0 Å². The highest BCUT2D eigenvalue weighted by Crippen LogP contribution is 2.15. The zero-order valence-electron chi connectivity index (χ0n) is 15.4. The van der Waals surface area contributed by atoms with Gasteiger partial charge < -0.3 is 14.2 Å². The van der Waals surface area contributed by atoms with E-state index in [-0.39, 0.29) is 5.97 Å². The van der Waals surface area contributed by atoms with Crippen molar-refractivity contribution in [3.8, 4) is 5.75 Å². The van der Waals surface area contributed by atoms with E-state index >= 15 is 0 Å². The summed E-state index contributed by atoms with van der Waals surface area (Å²) in [6.07, 6.45) is 3.93. The Hall–Kier alpha value is -2.59. The lowest BCUT2D eigenvalue weighted by Crippen LogP contribution is -2.28. The third-order valence-electron chi connectivity index (χ3n) is 3.72. The molecule has 1 atom stereocenters. The van der Waals surface area contributed by atoms with Crippen molar-refractivity contribution in [2.24, 2.45) is 0 Å². The number of hydrogen-bond acceptors (Lipinski definition) is 4. The van der Waals surface area contributed by atoms with Crippen molar-refractivity contribution in [1.82, 2.24) is 0 Å². The van der Waals surface area contributed by atoms with Crippen LogP contribution in [0.25, 0.3) is 6.08 Å². The summed E-state index contributed by atoms with van der Waals surface area (Å²) in [5, 5.41) is 0. The minimum atomic E-state index is -0.569. The van der Waals surface area contributed by atoms with Crippen molar-refractivity contribution in [3.63, 3.8) is 0 Å². The summed E-state index contributed by atoms with van der Waals surface area (Å²) in [5.74, 6) is 0.469. The van der Waals surface area contributed by atoms with Crippen LogP contribution in [0.2, 0.25) is 0 Å². The molecule has 0 aliphatic heterocycles. The number of rotatable bonds is 10. The van der Waals surface area contributed by atoms with E-state index in [0.29, 0.717) is 26.2 Å². The molecule has 0 radical (unpaired) electrons. The van der Waals surface area contributed by atoms with Gasteiger partial charge in [0.15, 0.2) is 6.10 Å². The van der Waals surface area contributed by atoms with Gasteiger partial charge in [0.05, 0.1) is 6.61 Å². The minimum Gasteiger partial charge on any atom is -0.490 e. The number of carbonyl (C=O) groups is 1. The lowest BCUT2D eigenvalue weighted by atomic mass is 10.1. The van der Waals surface area contributed by atoms with Crippen LogP contribution in [0.3, 0.4) is 0 Å². The van der Waals surface area contributed by atoms with Crippen LogP contribution in [-0.2, 0) is 20.7 Å². The van der Waals surface area contributed by atoms with E-state index in [1.54, 1.807) is 6.92 Å². The van der Waals surface area contributed by atoms with Crippen LogP contribution in [0.15, 0.2) is 60.7 Å². The fraction of sp³-hybridized carbons (Fsp3) is 0.318. The Kier molecular flexibility index (Phi) is 8.43. The van der Waals surface area contributed by atoms with Crippen LogP contribution in [0, 0.1) is 0 Å². The molecule has 4 nitrogen and oxygen atoms in total. The van der Waals surface area contributed by atoms with Crippen molar-refractivity contribution in [2.45, 2.75) is 26.4 Å². The summed E-state index contributed by atoms with van der Waals surface area (Å²) in [6, 6.07) is 17.8. The number of benzene rings is 2. The second kappa shape index (κ2) is 11.1. The number of hydrogen-bond donors (Lipinski definition) is 0. The average Bonchev–Trinajstić information content (AvgIpc) is 2.67. The quantitative estimate of drug-likeness (QED) is 0.597. The van der Waals surface area contributed by atoms with Gasteiger partial charge in [0.25, 0.3) is 0 Å². The molecule has 0 N–H and O–H groups in total. The molecule has 0 spiro atoms. The Labute approximate surface area is 155 Å². The first-order valence-electron chi connectivity index (χ1n) is 8.94. The molecular formula is C22H26O4.